The van der Waals surface area contributed by atoms with E-state index in [1.165, 1.54) is 0 Å². The lowest BCUT2D eigenvalue weighted by atomic mass is 9.97. The summed E-state index contributed by atoms with van der Waals surface area (Å²) in [4.78, 5) is 28.9. The van der Waals surface area contributed by atoms with Gasteiger partial charge in [-0.05, 0) is 43.4 Å². The third-order valence-electron chi connectivity index (χ3n) is 5.34. The molecular formula is C19H25N3O4. The highest BCUT2D eigenvalue weighted by Crippen LogP contribution is 2.32. The Bertz CT molecular complexity index is 687. The van der Waals surface area contributed by atoms with E-state index in [-0.39, 0.29) is 24.6 Å². The Balaban J connectivity index is 1.30. The molecule has 0 spiro atoms. The van der Waals surface area contributed by atoms with Gasteiger partial charge in [0.2, 0.25) is 12.7 Å². The molecule has 1 aromatic rings. The SMILES string of the molecule is O=C(NCc1ccc2c(c1)OCO2)[C@@H]1CCCN(C(=O)N2CCCC2)C1. The summed E-state index contributed by atoms with van der Waals surface area (Å²) in [7, 11) is 0. The maximum atomic E-state index is 12.6. The second kappa shape index (κ2) is 7.43. The molecule has 26 heavy (non-hydrogen) atoms. The number of likely N-dealkylation sites (tertiary alicyclic amines) is 2. The predicted octanol–water partition coefficient (Wildman–Crippen LogP) is 1.96. The van der Waals surface area contributed by atoms with Crippen molar-refractivity contribution in [3.8, 4) is 11.5 Å². The van der Waals surface area contributed by atoms with Gasteiger partial charge in [-0.1, -0.05) is 6.07 Å². The molecular weight excluding hydrogens is 334 g/mol. The fourth-order valence-corrected chi connectivity index (χ4v) is 3.86. The Hall–Kier alpha value is -2.44. The largest absolute Gasteiger partial charge is 0.454 e. The molecule has 2 saturated heterocycles. The van der Waals surface area contributed by atoms with Crippen molar-refractivity contribution in [1.82, 2.24) is 15.1 Å². The first kappa shape index (κ1) is 17.0. The molecule has 3 amide bonds. The number of fused-ring (bicyclic) bond motifs is 1. The topological polar surface area (TPSA) is 71.1 Å². The maximum absolute atomic E-state index is 12.6. The monoisotopic (exact) mass is 359 g/mol. The minimum Gasteiger partial charge on any atom is -0.454 e. The molecule has 2 fully saturated rings. The van der Waals surface area contributed by atoms with Gasteiger partial charge in [0.25, 0.3) is 0 Å². The molecule has 1 atom stereocenters. The molecule has 140 valence electrons. The lowest BCUT2D eigenvalue weighted by Crippen LogP contribution is -2.49. The van der Waals surface area contributed by atoms with E-state index in [4.69, 9.17) is 9.47 Å². The summed E-state index contributed by atoms with van der Waals surface area (Å²) in [5, 5.41) is 3.00. The molecule has 3 aliphatic heterocycles. The molecule has 0 radical (unpaired) electrons. The van der Waals surface area contributed by atoms with Crippen LogP contribution in [0.15, 0.2) is 18.2 Å². The number of nitrogens with one attached hydrogen (secondary N) is 1. The number of piperidine rings is 1. The van der Waals surface area contributed by atoms with Crippen LogP contribution in [-0.4, -0.2) is 54.7 Å². The van der Waals surface area contributed by atoms with Gasteiger partial charge in [0.1, 0.15) is 0 Å². The van der Waals surface area contributed by atoms with Crippen molar-refractivity contribution >= 4 is 11.9 Å². The first-order chi connectivity index (χ1) is 12.7. The summed E-state index contributed by atoms with van der Waals surface area (Å²) >= 11 is 0. The number of carbonyl (C=O) groups is 2. The highest BCUT2D eigenvalue weighted by atomic mass is 16.7. The molecule has 0 saturated carbocycles. The summed E-state index contributed by atoms with van der Waals surface area (Å²) in [6.45, 7) is 3.65. The Morgan fingerprint density at radius 3 is 2.65 bits per heavy atom. The molecule has 3 aliphatic rings. The van der Waals surface area contributed by atoms with E-state index in [0.717, 1.165) is 62.4 Å². The summed E-state index contributed by atoms with van der Waals surface area (Å²) in [6, 6.07) is 5.78. The zero-order valence-electron chi connectivity index (χ0n) is 14.9. The van der Waals surface area contributed by atoms with E-state index in [1.54, 1.807) is 0 Å². The van der Waals surface area contributed by atoms with Crippen LogP contribution in [-0.2, 0) is 11.3 Å². The van der Waals surface area contributed by atoms with Crippen molar-refractivity contribution in [2.45, 2.75) is 32.2 Å². The van der Waals surface area contributed by atoms with E-state index < -0.39 is 0 Å². The Kier molecular flexibility index (Phi) is 4.86. The average molecular weight is 359 g/mol. The number of nitrogens with zero attached hydrogens (tertiary/aromatic N) is 2. The zero-order valence-corrected chi connectivity index (χ0v) is 14.9. The van der Waals surface area contributed by atoms with E-state index in [9.17, 15) is 9.59 Å². The average Bonchev–Trinajstić information content (AvgIpc) is 3.36. The molecule has 4 rings (SSSR count). The second-order valence-electron chi connectivity index (χ2n) is 7.17. The smallest absolute Gasteiger partial charge is 0.320 e. The van der Waals surface area contributed by atoms with Crippen LogP contribution in [0.5, 0.6) is 11.5 Å². The quantitative estimate of drug-likeness (QED) is 0.896. The summed E-state index contributed by atoms with van der Waals surface area (Å²) in [5.41, 5.74) is 0.975. The molecule has 7 nitrogen and oxygen atoms in total. The van der Waals surface area contributed by atoms with Crippen LogP contribution >= 0.6 is 0 Å². The van der Waals surface area contributed by atoms with Crippen molar-refractivity contribution in [3.63, 3.8) is 0 Å². The van der Waals surface area contributed by atoms with E-state index >= 15 is 0 Å². The van der Waals surface area contributed by atoms with Crippen LogP contribution in [0.2, 0.25) is 0 Å². The van der Waals surface area contributed by atoms with Gasteiger partial charge < -0.3 is 24.6 Å². The summed E-state index contributed by atoms with van der Waals surface area (Å²) in [5.74, 6) is 1.34. The van der Waals surface area contributed by atoms with Gasteiger partial charge in [0.15, 0.2) is 11.5 Å². The molecule has 7 heteroatoms. The third kappa shape index (κ3) is 3.57. The third-order valence-corrected chi connectivity index (χ3v) is 5.34. The number of hydrogen-bond donors (Lipinski definition) is 1. The summed E-state index contributed by atoms with van der Waals surface area (Å²) < 4.78 is 10.7. The molecule has 0 unspecified atom stereocenters. The predicted molar refractivity (Wildman–Crippen MR) is 94.9 cm³/mol. The maximum Gasteiger partial charge on any atom is 0.320 e. The first-order valence-corrected chi connectivity index (χ1v) is 9.41. The van der Waals surface area contributed by atoms with Crippen molar-refractivity contribution in [1.29, 1.82) is 0 Å². The minimum absolute atomic E-state index is 0.0154. The molecule has 1 N–H and O–H groups in total. The number of benzene rings is 1. The van der Waals surface area contributed by atoms with E-state index in [0.29, 0.717) is 13.1 Å². The van der Waals surface area contributed by atoms with Crippen LogP contribution in [0.25, 0.3) is 0 Å². The second-order valence-corrected chi connectivity index (χ2v) is 7.17. The number of urea groups is 1. The van der Waals surface area contributed by atoms with Crippen LogP contribution in [0.1, 0.15) is 31.2 Å². The fraction of sp³-hybridized carbons (Fsp3) is 0.579. The van der Waals surface area contributed by atoms with Crippen LogP contribution in [0, 0.1) is 5.92 Å². The van der Waals surface area contributed by atoms with E-state index in [1.807, 2.05) is 28.0 Å². The van der Waals surface area contributed by atoms with Crippen LogP contribution in [0.4, 0.5) is 4.79 Å². The van der Waals surface area contributed by atoms with E-state index in [2.05, 4.69) is 5.32 Å². The Morgan fingerprint density at radius 2 is 1.81 bits per heavy atom. The van der Waals surface area contributed by atoms with Gasteiger partial charge in [0.05, 0.1) is 5.92 Å². The standard InChI is InChI=1S/C19H25N3O4/c23-18(20-11-14-5-6-16-17(10-14)26-13-25-16)15-4-3-9-22(12-15)19(24)21-7-1-2-8-21/h5-6,10,15H,1-4,7-9,11-13H2,(H,20,23)/t15-/m1/s1. The number of amides is 3. The molecule has 0 aliphatic carbocycles. The van der Waals surface area contributed by atoms with Crippen molar-refractivity contribution in [2.75, 3.05) is 33.0 Å². The highest BCUT2D eigenvalue weighted by Gasteiger charge is 2.31. The molecule has 0 bridgehead atoms. The van der Waals surface area contributed by atoms with Gasteiger partial charge in [-0.15, -0.1) is 0 Å². The van der Waals surface area contributed by atoms with Gasteiger partial charge in [0, 0.05) is 32.7 Å². The zero-order chi connectivity index (χ0) is 17.9. The number of ether oxygens (including phenoxy) is 2. The molecule has 0 aromatic heterocycles. The Labute approximate surface area is 153 Å². The lowest BCUT2D eigenvalue weighted by Gasteiger charge is -2.34. The van der Waals surface area contributed by atoms with Crippen molar-refractivity contribution in [3.05, 3.63) is 23.8 Å². The number of hydrogen-bond acceptors (Lipinski definition) is 4. The Morgan fingerprint density at radius 1 is 1.04 bits per heavy atom. The van der Waals surface area contributed by atoms with Crippen LogP contribution < -0.4 is 14.8 Å². The van der Waals surface area contributed by atoms with Gasteiger partial charge in [-0.25, -0.2) is 4.79 Å². The van der Waals surface area contributed by atoms with Crippen molar-refractivity contribution in [2.24, 2.45) is 5.92 Å². The van der Waals surface area contributed by atoms with Crippen molar-refractivity contribution < 1.29 is 19.1 Å². The van der Waals surface area contributed by atoms with Gasteiger partial charge >= 0.3 is 6.03 Å². The normalized spacial score (nSPS) is 21.8. The number of carbonyl (C=O) groups excluding carboxylic acids is 2. The van der Waals surface area contributed by atoms with Crippen LogP contribution in [0.3, 0.4) is 0 Å². The van der Waals surface area contributed by atoms with Gasteiger partial charge in [-0.3, -0.25) is 4.79 Å². The minimum atomic E-state index is -0.135. The fourth-order valence-electron chi connectivity index (χ4n) is 3.86. The summed E-state index contributed by atoms with van der Waals surface area (Å²) in [6.07, 6.45) is 3.87. The first-order valence-electron chi connectivity index (χ1n) is 9.41. The lowest BCUT2D eigenvalue weighted by molar-refractivity contribution is -0.126. The highest BCUT2D eigenvalue weighted by molar-refractivity contribution is 5.81. The number of rotatable bonds is 3. The molecule has 3 heterocycles. The van der Waals surface area contributed by atoms with Gasteiger partial charge in [-0.2, -0.15) is 0 Å². The molecule has 1 aromatic carbocycles.